The van der Waals surface area contributed by atoms with E-state index in [1.807, 2.05) is 0 Å². The van der Waals surface area contributed by atoms with Crippen LogP contribution in [0.1, 0.15) is 0 Å². The van der Waals surface area contributed by atoms with Gasteiger partial charge < -0.3 is 13.5 Å². The number of rotatable bonds is 2. The van der Waals surface area contributed by atoms with Gasteiger partial charge in [0.05, 0.1) is 38.6 Å². The zero-order valence-electron chi connectivity index (χ0n) is 24.3. The Kier molecular flexibility index (Phi) is 4.32. The van der Waals surface area contributed by atoms with Crippen molar-refractivity contribution in [2.24, 2.45) is 0 Å². The van der Waals surface area contributed by atoms with E-state index in [1.165, 1.54) is 87.4 Å². The summed E-state index contributed by atoms with van der Waals surface area (Å²) in [6.45, 7) is 0. The Balaban J connectivity index is 1.29. The van der Waals surface area contributed by atoms with E-state index in [0.29, 0.717) is 0 Å². The molecule has 0 N–H and O–H groups in total. The quantitative estimate of drug-likeness (QED) is 0.196. The van der Waals surface area contributed by atoms with Crippen LogP contribution in [0.25, 0.3) is 93.1 Å². The first-order chi connectivity index (χ1) is 22.4. The number of nitrogens with zero attached hydrogens (tertiary/aromatic N) is 3. The molecule has 11 aromatic rings. The highest BCUT2D eigenvalue weighted by Crippen LogP contribution is 2.45. The molecule has 208 valence electrons. The zero-order chi connectivity index (χ0) is 29.2. The molecule has 3 heteroatoms. The largest absolute Gasteiger partial charge is 0.309 e. The minimum absolute atomic E-state index is 1.16. The lowest BCUT2D eigenvalue weighted by molar-refractivity contribution is 1.15. The van der Waals surface area contributed by atoms with Crippen molar-refractivity contribution in [3.8, 4) is 11.4 Å². The van der Waals surface area contributed by atoms with E-state index in [2.05, 4.69) is 165 Å². The Bertz CT molecular complexity index is 2970. The van der Waals surface area contributed by atoms with E-state index < -0.39 is 0 Å². The molecule has 0 amide bonds. The van der Waals surface area contributed by atoms with Crippen molar-refractivity contribution in [1.82, 2.24) is 13.5 Å². The van der Waals surface area contributed by atoms with E-state index >= 15 is 0 Å². The topological polar surface area (TPSA) is 14.3 Å². The SMILES string of the molecule is c1ccc(-n2c3ccccc3c3ccc(-n4c5ccccc5c5c6c7cccc8c9ccccc9n(c6ccc54)c87)cc32)cc1. The van der Waals surface area contributed by atoms with Gasteiger partial charge in [-0.1, -0.05) is 97.1 Å². The summed E-state index contributed by atoms with van der Waals surface area (Å²) in [4.78, 5) is 0. The van der Waals surface area contributed by atoms with Crippen LogP contribution in [0.4, 0.5) is 0 Å². The van der Waals surface area contributed by atoms with Crippen molar-refractivity contribution in [3.63, 3.8) is 0 Å². The molecule has 0 saturated heterocycles. The predicted molar refractivity (Wildman–Crippen MR) is 190 cm³/mol. The molecule has 11 rings (SSSR count). The highest BCUT2D eigenvalue weighted by Gasteiger charge is 2.22. The minimum atomic E-state index is 1.16. The number of aromatic nitrogens is 3. The van der Waals surface area contributed by atoms with Crippen LogP contribution in [-0.4, -0.2) is 13.5 Å². The second kappa shape index (κ2) is 8.31. The second-order valence-corrected chi connectivity index (χ2v) is 12.2. The van der Waals surface area contributed by atoms with Crippen LogP contribution in [0.2, 0.25) is 0 Å². The first-order valence-corrected chi connectivity index (χ1v) is 15.5. The molecule has 0 bridgehead atoms. The van der Waals surface area contributed by atoms with E-state index in [0.717, 1.165) is 5.69 Å². The smallest absolute Gasteiger partial charge is 0.0620 e. The van der Waals surface area contributed by atoms with Gasteiger partial charge in [0.1, 0.15) is 0 Å². The molecule has 7 aromatic carbocycles. The van der Waals surface area contributed by atoms with Crippen LogP contribution in [0, 0.1) is 0 Å². The zero-order valence-corrected chi connectivity index (χ0v) is 24.3. The molecule has 0 aliphatic carbocycles. The third kappa shape index (κ3) is 2.86. The molecule has 0 atom stereocenters. The van der Waals surface area contributed by atoms with Gasteiger partial charge >= 0.3 is 0 Å². The summed E-state index contributed by atoms with van der Waals surface area (Å²) >= 11 is 0. The van der Waals surface area contributed by atoms with Crippen LogP contribution in [-0.2, 0) is 0 Å². The molecule has 3 nitrogen and oxygen atoms in total. The molecular formula is C42H25N3. The molecule has 0 fully saturated rings. The highest BCUT2D eigenvalue weighted by atomic mass is 15.0. The van der Waals surface area contributed by atoms with Crippen LogP contribution in [0.3, 0.4) is 0 Å². The fraction of sp³-hybridized carbons (Fsp3) is 0. The van der Waals surface area contributed by atoms with E-state index in [9.17, 15) is 0 Å². The average Bonchev–Trinajstić information content (AvgIpc) is 3.82. The molecular weight excluding hydrogens is 546 g/mol. The van der Waals surface area contributed by atoms with Crippen LogP contribution >= 0.6 is 0 Å². The number of hydrogen-bond donors (Lipinski definition) is 0. The summed E-state index contributed by atoms with van der Waals surface area (Å²) in [7, 11) is 0. The van der Waals surface area contributed by atoms with Gasteiger partial charge in [-0.3, -0.25) is 0 Å². The summed E-state index contributed by atoms with van der Waals surface area (Å²) in [6, 6.07) is 55.6. The third-order valence-corrected chi connectivity index (χ3v) is 9.95. The van der Waals surface area contributed by atoms with E-state index in [-0.39, 0.29) is 0 Å². The van der Waals surface area contributed by atoms with Crippen molar-refractivity contribution < 1.29 is 0 Å². The Morgan fingerprint density at radius 3 is 1.67 bits per heavy atom. The molecule has 45 heavy (non-hydrogen) atoms. The normalized spacial score (nSPS) is 12.4. The first kappa shape index (κ1) is 23.4. The summed E-state index contributed by atoms with van der Waals surface area (Å²) < 4.78 is 7.34. The van der Waals surface area contributed by atoms with Gasteiger partial charge in [0.25, 0.3) is 0 Å². The Hall–Kier alpha value is -6.06. The summed E-state index contributed by atoms with van der Waals surface area (Å²) in [5.41, 5.74) is 11.0. The van der Waals surface area contributed by atoms with Crippen LogP contribution in [0.5, 0.6) is 0 Å². The lowest BCUT2D eigenvalue weighted by Crippen LogP contribution is -1.96. The van der Waals surface area contributed by atoms with Gasteiger partial charge in [-0.15, -0.1) is 0 Å². The van der Waals surface area contributed by atoms with Crippen molar-refractivity contribution in [3.05, 3.63) is 152 Å². The van der Waals surface area contributed by atoms with Crippen LogP contribution in [0.15, 0.2) is 152 Å². The fourth-order valence-corrected chi connectivity index (χ4v) is 8.21. The maximum Gasteiger partial charge on any atom is 0.0620 e. The van der Waals surface area contributed by atoms with Crippen molar-refractivity contribution >= 4 is 81.7 Å². The van der Waals surface area contributed by atoms with Gasteiger partial charge in [0, 0.05) is 54.5 Å². The van der Waals surface area contributed by atoms with E-state index in [4.69, 9.17) is 0 Å². The Labute approximate surface area is 257 Å². The predicted octanol–water partition coefficient (Wildman–Crippen LogP) is 11.0. The Morgan fingerprint density at radius 2 is 0.844 bits per heavy atom. The fourth-order valence-electron chi connectivity index (χ4n) is 8.21. The molecule has 0 radical (unpaired) electrons. The number of benzene rings is 7. The minimum Gasteiger partial charge on any atom is -0.309 e. The van der Waals surface area contributed by atoms with E-state index in [1.54, 1.807) is 0 Å². The average molecular weight is 572 g/mol. The van der Waals surface area contributed by atoms with Gasteiger partial charge in [-0.2, -0.15) is 0 Å². The monoisotopic (exact) mass is 571 g/mol. The van der Waals surface area contributed by atoms with Gasteiger partial charge in [0.2, 0.25) is 0 Å². The summed E-state index contributed by atoms with van der Waals surface area (Å²) in [6.07, 6.45) is 0. The molecule has 0 aliphatic rings. The molecule has 0 aliphatic heterocycles. The Morgan fingerprint density at radius 1 is 0.289 bits per heavy atom. The van der Waals surface area contributed by atoms with Crippen molar-refractivity contribution in [1.29, 1.82) is 0 Å². The van der Waals surface area contributed by atoms with Crippen LogP contribution < -0.4 is 0 Å². The third-order valence-electron chi connectivity index (χ3n) is 9.95. The molecule has 4 heterocycles. The summed E-state index contributed by atoms with van der Waals surface area (Å²) in [5, 5.41) is 10.4. The number of hydrogen-bond acceptors (Lipinski definition) is 0. The van der Waals surface area contributed by atoms with Crippen molar-refractivity contribution in [2.75, 3.05) is 0 Å². The molecule has 0 spiro atoms. The number of para-hydroxylation sites is 5. The molecule has 0 saturated carbocycles. The lowest BCUT2D eigenvalue weighted by Gasteiger charge is -2.11. The molecule has 0 unspecified atom stereocenters. The maximum absolute atomic E-state index is 2.48. The van der Waals surface area contributed by atoms with Gasteiger partial charge in [-0.25, -0.2) is 0 Å². The molecule has 4 aromatic heterocycles. The lowest BCUT2D eigenvalue weighted by atomic mass is 10.0. The maximum atomic E-state index is 2.48. The first-order valence-electron chi connectivity index (χ1n) is 15.5. The van der Waals surface area contributed by atoms with Gasteiger partial charge in [0.15, 0.2) is 0 Å². The number of fused-ring (bicyclic) bond motifs is 13. The summed E-state index contributed by atoms with van der Waals surface area (Å²) in [5.74, 6) is 0. The van der Waals surface area contributed by atoms with Crippen molar-refractivity contribution in [2.45, 2.75) is 0 Å². The highest BCUT2D eigenvalue weighted by molar-refractivity contribution is 6.33. The second-order valence-electron chi connectivity index (χ2n) is 12.2. The standard InChI is InChI=1S/C42H25N3/c1-2-11-26(12-3-1)43-34-18-7-4-13-28(34)30-22-21-27(25-39(30)43)44-36-20-9-6-15-32(36)40-37(44)23-24-38-41(40)33-17-10-16-31-29-14-5-8-19-35(29)45(38)42(31)33/h1-25H. The van der Waals surface area contributed by atoms with Gasteiger partial charge in [-0.05, 0) is 54.6 Å².